The Bertz CT molecular complexity index is 1440. The second-order valence-electron chi connectivity index (χ2n) is 9.47. The molecule has 9 heteroatoms. The third kappa shape index (κ3) is 5.52. The van der Waals surface area contributed by atoms with E-state index in [2.05, 4.69) is 15.2 Å². The molecule has 1 saturated heterocycles. The second-order valence-corrected chi connectivity index (χ2v) is 9.47. The Balaban J connectivity index is 1.38. The van der Waals surface area contributed by atoms with E-state index in [9.17, 15) is 18.0 Å². The van der Waals surface area contributed by atoms with Gasteiger partial charge in [-0.05, 0) is 72.6 Å². The summed E-state index contributed by atoms with van der Waals surface area (Å²) in [5, 5.41) is 2.64. The van der Waals surface area contributed by atoms with Crippen molar-refractivity contribution >= 4 is 22.7 Å². The van der Waals surface area contributed by atoms with Gasteiger partial charge in [0, 0.05) is 44.0 Å². The Kier molecular flexibility index (Phi) is 6.74. The number of piperazine rings is 1. The third-order valence-electron chi connectivity index (χ3n) is 6.80. The maximum Gasteiger partial charge on any atom is 0.416 e. The molecule has 1 aliphatic heterocycles. The van der Waals surface area contributed by atoms with Gasteiger partial charge in [-0.3, -0.25) is 9.69 Å². The van der Waals surface area contributed by atoms with Gasteiger partial charge < -0.3 is 14.6 Å². The molecule has 4 aromatic rings. The second kappa shape index (κ2) is 9.99. The highest BCUT2D eigenvalue weighted by molar-refractivity contribution is 6.05. The Morgan fingerprint density at radius 1 is 1.03 bits per heavy atom. The van der Waals surface area contributed by atoms with E-state index in [1.807, 2.05) is 43.1 Å². The van der Waals surface area contributed by atoms with Crippen LogP contribution in [0, 0.1) is 6.92 Å². The summed E-state index contributed by atoms with van der Waals surface area (Å²) in [7, 11) is 2.00. The van der Waals surface area contributed by atoms with Crippen LogP contribution in [0.15, 0.2) is 65.4 Å². The van der Waals surface area contributed by atoms with Crippen molar-refractivity contribution in [1.29, 1.82) is 0 Å². The van der Waals surface area contributed by atoms with Crippen LogP contribution in [-0.4, -0.2) is 53.9 Å². The third-order valence-corrected chi connectivity index (χ3v) is 6.80. The van der Waals surface area contributed by atoms with E-state index in [-0.39, 0.29) is 17.8 Å². The minimum Gasteiger partial charge on any atom is -0.443 e. The largest absolute Gasteiger partial charge is 0.443 e. The molecular weight excluding hydrogens is 481 g/mol. The first-order valence-electron chi connectivity index (χ1n) is 12.0. The molecule has 2 heterocycles. The molecule has 3 aromatic carbocycles. The van der Waals surface area contributed by atoms with Crippen molar-refractivity contribution in [2.24, 2.45) is 0 Å². The standard InChI is InChI=1S/C28H27F3N4O2/c1-18-3-4-20(13-23(18)19-6-8-26-25(14-19)32-17-37-26)27(36)33-22-7-5-21(24(15-22)28(29,30)31)16-35-11-9-34(2)10-12-35/h3-8,13-15,17H,9-12,16H2,1-2H3,(H,33,36). The summed E-state index contributed by atoms with van der Waals surface area (Å²) in [5.74, 6) is -0.483. The molecule has 1 fully saturated rings. The number of aryl methyl sites for hydroxylation is 1. The summed E-state index contributed by atoms with van der Waals surface area (Å²) < 4.78 is 47.1. The average Bonchev–Trinajstić information content (AvgIpc) is 3.34. The number of nitrogens with one attached hydrogen (secondary N) is 1. The predicted molar refractivity (Wildman–Crippen MR) is 136 cm³/mol. The Hall–Kier alpha value is -3.69. The van der Waals surface area contributed by atoms with Crippen LogP contribution in [0.1, 0.15) is 27.0 Å². The van der Waals surface area contributed by atoms with Gasteiger partial charge in [0.25, 0.3) is 5.91 Å². The summed E-state index contributed by atoms with van der Waals surface area (Å²) in [6, 6.07) is 14.8. The van der Waals surface area contributed by atoms with Crippen LogP contribution in [0.4, 0.5) is 18.9 Å². The molecule has 1 aromatic heterocycles. The molecule has 37 heavy (non-hydrogen) atoms. The van der Waals surface area contributed by atoms with Crippen molar-refractivity contribution < 1.29 is 22.4 Å². The first-order chi connectivity index (χ1) is 17.7. The highest BCUT2D eigenvalue weighted by Crippen LogP contribution is 2.35. The Morgan fingerprint density at radius 3 is 2.57 bits per heavy atom. The van der Waals surface area contributed by atoms with Crippen molar-refractivity contribution in [2.75, 3.05) is 38.5 Å². The molecule has 0 spiro atoms. The van der Waals surface area contributed by atoms with Crippen LogP contribution in [0.2, 0.25) is 0 Å². The summed E-state index contributed by atoms with van der Waals surface area (Å²) >= 11 is 0. The lowest BCUT2D eigenvalue weighted by molar-refractivity contribution is -0.138. The maximum atomic E-state index is 13.9. The number of fused-ring (bicyclic) bond motifs is 1. The maximum absolute atomic E-state index is 13.9. The van der Waals surface area contributed by atoms with E-state index >= 15 is 0 Å². The number of amides is 1. The van der Waals surface area contributed by atoms with Crippen molar-refractivity contribution in [3.8, 4) is 11.1 Å². The van der Waals surface area contributed by atoms with Crippen LogP contribution >= 0.6 is 0 Å². The number of carbonyl (C=O) groups is 1. The van der Waals surface area contributed by atoms with Crippen LogP contribution in [-0.2, 0) is 12.7 Å². The minimum atomic E-state index is -4.53. The number of nitrogens with zero attached hydrogens (tertiary/aromatic N) is 3. The van der Waals surface area contributed by atoms with E-state index in [0.717, 1.165) is 35.8 Å². The van der Waals surface area contributed by atoms with Crippen LogP contribution in [0.25, 0.3) is 22.2 Å². The highest BCUT2D eigenvalue weighted by Gasteiger charge is 2.34. The van der Waals surface area contributed by atoms with E-state index < -0.39 is 17.6 Å². The number of halogens is 3. The molecule has 1 aliphatic rings. The first-order valence-corrected chi connectivity index (χ1v) is 12.0. The zero-order chi connectivity index (χ0) is 26.2. The Labute approximate surface area is 212 Å². The smallest absolute Gasteiger partial charge is 0.416 e. The molecule has 1 amide bonds. The average molecular weight is 509 g/mol. The monoisotopic (exact) mass is 508 g/mol. The fourth-order valence-corrected chi connectivity index (χ4v) is 4.61. The number of hydrogen-bond acceptors (Lipinski definition) is 5. The predicted octanol–water partition coefficient (Wildman–Crippen LogP) is 5.82. The number of oxazole rings is 1. The normalized spacial score (nSPS) is 15.3. The van der Waals surface area contributed by atoms with E-state index in [1.54, 1.807) is 12.1 Å². The van der Waals surface area contributed by atoms with Crippen molar-refractivity contribution in [3.63, 3.8) is 0 Å². The number of rotatable bonds is 5. The minimum absolute atomic E-state index is 0.102. The summed E-state index contributed by atoms with van der Waals surface area (Å²) in [6.07, 6.45) is -3.16. The molecule has 6 nitrogen and oxygen atoms in total. The number of alkyl halides is 3. The molecule has 0 radical (unpaired) electrons. The number of hydrogen-bond donors (Lipinski definition) is 1. The van der Waals surface area contributed by atoms with Crippen LogP contribution in [0.3, 0.4) is 0 Å². The Morgan fingerprint density at radius 2 is 1.81 bits per heavy atom. The van der Waals surface area contributed by atoms with Gasteiger partial charge >= 0.3 is 6.18 Å². The van der Waals surface area contributed by atoms with Gasteiger partial charge in [0.05, 0.1) is 5.56 Å². The molecule has 0 bridgehead atoms. The number of anilines is 1. The molecule has 0 atom stereocenters. The quantitative estimate of drug-likeness (QED) is 0.368. The first kappa shape index (κ1) is 25.0. The molecule has 192 valence electrons. The van der Waals surface area contributed by atoms with Gasteiger partial charge in [-0.2, -0.15) is 13.2 Å². The lowest BCUT2D eigenvalue weighted by Gasteiger charge is -2.33. The SMILES string of the molecule is Cc1ccc(C(=O)Nc2ccc(CN3CCN(C)CC3)c(C(F)(F)F)c2)cc1-c1ccc2ocnc2c1. The molecular formula is C28H27F3N4O2. The zero-order valence-corrected chi connectivity index (χ0v) is 20.6. The molecule has 1 N–H and O–H groups in total. The van der Waals surface area contributed by atoms with Gasteiger partial charge in [0.2, 0.25) is 0 Å². The number of aromatic nitrogens is 1. The highest BCUT2D eigenvalue weighted by atomic mass is 19.4. The number of carbonyl (C=O) groups excluding carboxylic acids is 1. The number of likely N-dealkylation sites (N-methyl/N-ethyl adjacent to an activating group) is 1. The van der Waals surface area contributed by atoms with Crippen molar-refractivity contribution in [1.82, 2.24) is 14.8 Å². The van der Waals surface area contributed by atoms with Crippen molar-refractivity contribution in [2.45, 2.75) is 19.6 Å². The van der Waals surface area contributed by atoms with Crippen LogP contribution < -0.4 is 5.32 Å². The fourth-order valence-electron chi connectivity index (χ4n) is 4.61. The molecule has 0 saturated carbocycles. The van der Waals surface area contributed by atoms with Gasteiger partial charge in [0.15, 0.2) is 12.0 Å². The number of benzene rings is 3. The molecule has 0 aliphatic carbocycles. The topological polar surface area (TPSA) is 61.6 Å². The van der Waals surface area contributed by atoms with E-state index in [1.165, 1.54) is 18.5 Å². The van der Waals surface area contributed by atoms with Gasteiger partial charge in [-0.1, -0.05) is 18.2 Å². The lowest BCUT2D eigenvalue weighted by atomic mass is 9.97. The summed E-state index contributed by atoms with van der Waals surface area (Å²) in [6.45, 7) is 5.21. The zero-order valence-electron chi connectivity index (χ0n) is 20.6. The fraction of sp³-hybridized carbons (Fsp3) is 0.286. The summed E-state index contributed by atoms with van der Waals surface area (Å²) in [5.41, 5.74) is 3.92. The van der Waals surface area contributed by atoms with Crippen molar-refractivity contribution in [3.05, 3.63) is 83.2 Å². The van der Waals surface area contributed by atoms with E-state index in [0.29, 0.717) is 29.8 Å². The van der Waals surface area contributed by atoms with Crippen LogP contribution in [0.5, 0.6) is 0 Å². The van der Waals surface area contributed by atoms with E-state index in [4.69, 9.17) is 4.42 Å². The molecule has 5 rings (SSSR count). The molecule has 0 unspecified atom stereocenters. The lowest BCUT2D eigenvalue weighted by Crippen LogP contribution is -2.44. The summed E-state index contributed by atoms with van der Waals surface area (Å²) in [4.78, 5) is 21.4. The van der Waals surface area contributed by atoms with Gasteiger partial charge in [-0.25, -0.2) is 4.98 Å². The van der Waals surface area contributed by atoms with Gasteiger partial charge in [-0.15, -0.1) is 0 Å². The van der Waals surface area contributed by atoms with Gasteiger partial charge in [0.1, 0.15) is 5.52 Å².